The van der Waals surface area contributed by atoms with Crippen LogP contribution in [-0.4, -0.2) is 18.5 Å². The number of unbranched alkanes of at least 4 members (excludes halogenated alkanes) is 14. The fraction of sp³-hybridized carbons (Fsp3) is 0.857. The van der Waals surface area contributed by atoms with Crippen molar-refractivity contribution in [3.05, 3.63) is 12.2 Å². The minimum Gasteiger partial charge on any atom is -0.550 e. The fourth-order valence-electron chi connectivity index (χ4n) is 4.72. The third-order valence-corrected chi connectivity index (χ3v) is 6.79. The Labute approximate surface area is 226 Å². The molecular formula is C28H49NaO4. The second kappa shape index (κ2) is 23.4. The summed E-state index contributed by atoms with van der Waals surface area (Å²) in [6.07, 6.45) is 28.2. The zero-order valence-corrected chi connectivity index (χ0v) is 23.8. The van der Waals surface area contributed by atoms with E-state index in [1.807, 2.05) is 0 Å². The molecule has 0 aliphatic heterocycles. The Balaban J connectivity index is 0.0000102. The van der Waals surface area contributed by atoms with Crippen molar-refractivity contribution in [2.24, 2.45) is 11.8 Å². The molecule has 1 rings (SSSR count). The number of carboxylic acid groups (broad SMARTS) is 1. The number of esters is 1. The largest absolute Gasteiger partial charge is 1.00 e. The van der Waals surface area contributed by atoms with Crippen LogP contribution in [0.5, 0.6) is 0 Å². The Morgan fingerprint density at radius 3 is 1.70 bits per heavy atom. The van der Waals surface area contributed by atoms with Gasteiger partial charge in [-0.05, 0) is 32.1 Å². The SMILES string of the molecule is CCCCCCCCCCCCCCCC/C=C/CCOC(=O)C1CCCCC1C(=O)[O-].[Na+]. The van der Waals surface area contributed by atoms with Crippen molar-refractivity contribution < 1.29 is 49.0 Å². The van der Waals surface area contributed by atoms with E-state index in [-0.39, 0.29) is 35.5 Å². The van der Waals surface area contributed by atoms with E-state index in [0.717, 1.165) is 19.3 Å². The van der Waals surface area contributed by atoms with Crippen LogP contribution in [-0.2, 0) is 14.3 Å². The van der Waals surface area contributed by atoms with E-state index in [9.17, 15) is 14.7 Å². The average molecular weight is 473 g/mol. The molecule has 0 bridgehead atoms. The summed E-state index contributed by atoms with van der Waals surface area (Å²) in [5.41, 5.74) is 0. The van der Waals surface area contributed by atoms with Crippen LogP contribution in [0.25, 0.3) is 0 Å². The van der Waals surface area contributed by atoms with Gasteiger partial charge in [0.15, 0.2) is 0 Å². The molecule has 4 nitrogen and oxygen atoms in total. The predicted octanol–water partition coefficient (Wildman–Crippen LogP) is 3.91. The molecule has 1 aliphatic carbocycles. The molecule has 0 spiro atoms. The smallest absolute Gasteiger partial charge is 0.550 e. The molecule has 5 heteroatoms. The van der Waals surface area contributed by atoms with E-state index in [1.165, 1.54) is 89.9 Å². The molecule has 0 aromatic heterocycles. The predicted molar refractivity (Wildman–Crippen MR) is 130 cm³/mol. The van der Waals surface area contributed by atoms with Crippen molar-refractivity contribution in [1.29, 1.82) is 0 Å². The normalized spacial score (nSPS) is 18.2. The quantitative estimate of drug-likeness (QED) is 0.117. The summed E-state index contributed by atoms with van der Waals surface area (Å²) >= 11 is 0. The van der Waals surface area contributed by atoms with Crippen molar-refractivity contribution in [1.82, 2.24) is 0 Å². The molecule has 33 heavy (non-hydrogen) atoms. The summed E-state index contributed by atoms with van der Waals surface area (Å²) in [5.74, 6) is -2.67. The Morgan fingerprint density at radius 2 is 1.18 bits per heavy atom. The van der Waals surface area contributed by atoms with Crippen LogP contribution in [0.1, 0.15) is 135 Å². The molecule has 1 fully saturated rings. The Hall–Kier alpha value is -0.320. The van der Waals surface area contributed by atoms with E-state index >= 15 is 0 Å². The number of allylic oxidation sites excluding steroid dienone is 1. The number of aliphatic carboxylic acids is 1. The first kappa shape index (κ1) is 32.7. The van der Waals surface area contributed by atoms with Gasteiger partial charge in [-0.15, -0.1) is 0 Å². The van der Waals surface area contributed by atoms with E-state index in [1.54, 1.807) is 0 Å². The summed E-state index contributed by atoms with van der Waals surface area (Å²) in [6.45, 7) is 2.61. The minimum atomic E-state index is -1.11. The number of carboxylic acids is 1. The van der Waals surface area contributed by atoms with Crippen molar-refractivity contribution in [3.8, 4) is 0 Å². The van der Waals surface area contributed by atoms with E-state index in [2.05, 4.69) is 19.1 Å². The van der Waals surface area contributed by atoms with Crippen molar-refractivity contribution in [3.63, 3.8) is 0 Å². The summed E-state index contributed by atoms with van der Waals surface area (Å²) in [6, 6.07) is 0. The number of carbonyl (C=O) groups excluding carboxylic acids is 2. The summed E-state index contributed by atoms with van der Waals surface area (Å²) < 4.78 is 5.31. The summed E-state index contributed by atoms with van der Waals surface area (Å²) in [7, 11) is 0. The van der Waals surface area contributed by atoms with Crippen LogP contribution in [0, 0.1) is 11.8 Å². The number of rotatable bonds is 20. The first-order chi connectivity index (χ1) is 15.7. The second-order valence-corrected chi connectivity index (χ2v) is 9.63. The van der Waals surface area contributed by atoms with Crippen molar-refractivity contribution >= 4 is 11.9 Å². The molecule has 1 aliphatic rings. The first-order valence-corrected chi connectivity index (χ1v) is 13.7. The Bertz CT molecular complexity index is 506. The molecule has 0 aromatic carbocycles. The molecule has 2 atom stereocenters. The van der Waals surface area contributed by atoms with Crippen LogP contribution < -0.4 is 34.7 Å². The van der Waals surface area contributed by atoms with E-state index < -0.39 is 17.8 Å². The average Bonchev–Trinajstić information content (AvgIpc) is 2.80. The van der Waals surface area contributed by atoms with Gasteiger partial charge in [0.2, 0.25) is 0 Å². The van der Waals surface area contributed by atoms with Gasteiger partial charge in [-0.25, -0.2) is 0 Å². The molecular weight excluding hydrogens is 423 g/mol. The van der Waals surface area contributed by atoms with Gasteiger partial charge >= 0.3 is 35.5 Å². The number of hydrogen-bond acceptors (Lipinski definition) is 4. The van der Waals surface area contributed by atoms with Gasteiger partial charge in [0, 0.05) is 11.9 Å². The molecule has 0 aromatic rings. The maximum Gasteiger partial charge on any atom is 1.00 e. The van der Waals surface area contributed by atoms with Crippen LogP contribution in [0.4, 0.5) is 0 Å². The molecule has 1 saturated carbocycles. The first-order valence-electron chi connectivity index (χ1n) is 13.7. The van der Waals surface area contributed by atoms with Gasteiger partial charge in [-0.3, -0.25) is 4.79 Å². The Morgan fingerprint density at radius 1 is 0.727 bits per heavy atom. The van der Waals surface area contributed by atoms with Crippen molar-refractivity contribution in [2.45, 2.75) is 135 Å². The molecule has 186 valence electrons. The Kier molecular flexibility index (Phi) is 23.2. The topological polar surface area (TPSA) is 66.4 Å². The maximum absolute atomic E-state index is 12.2. The minimum absolute atomic E-state index is 0. The van der Waals surface area contributed by atoms with Gasteiger partial charge < -0.3 is 14.6 Å². The summed E-state index contributed by atoms with van der Waals surface area (Å²) in [4.78, 5) is 23.3. The number of ether oxygens (including phenoxy) is 1. The molecule has 0 heterocycles. The molecule has 0 amide bonds. The molecule has 2 unspecified atom stereocenters. The van der Waals surface area contributed by atoms with Gasteiger partial charge in [-0.2, -0.15) is 0 Å². The van der Waals surface area contributed by atoms with Gasteiger partial charge in [0.25, 0.3) is 0 Å². The van der Waals surface area contributed by atoms with E-state index in [4.69, 9.17) is 4.74 Å². The molecule has 0 radical (unpaired) electrons. The maximum atomic E-state index is 12.2. The van der Waals surface area contributed by atoms with Gasteiger partial charge in [-0.1, -0.05) is 115 Å². The van der Waals surface area contributed by atoms with Crippen molar-refractivity contribution in [2.75, 3.05) is 6.61 Å². The zero-order chi connectivity index (χ0) is 23.3. The monoisotopic (exact) mass is 472 g/mol. The molecule has 0 N–H and O–H groups in total. The van der Waals surface area contributed by atoms with Crippen LogP contribution in [0.15, 0.2) is 12.2 Å². The van der Waals surface area contributed by atoms with Crippen LogP contribution >= 0.6 is 0 Å². The van der Waals surface area contributed by atoms with Gasteiger partial charge in [0.1, 0.15) is 0 Å². The number of carbonyl (C=O) groups is 2. The summed E-state index contributed by atoms with van der Waals surface area (Å²) in [5, 5.41) is 11.2. The van der Waals surface area contributed by atoms with Crippen LogP contribution in [0.3, 0.4) is 0 Å². The van der Waals surface area contributed by atoms with Crippen LogP contribution in [0.2, 0.25) is 0 Å². The second-order valence-electron chi connectivity index (χ2n) is 9.63. The fourth-order valence-corrected chi connectivity index (χ4v) is 4.72. The zero-order valence-electron chi connectivity index (χ0n) is 21.8. The number of hydrogen-bond donors (Lipinski definition) is 0. The third-order valence-electron chi connectivity index (χ3n) is 6.79. The van der Waals surface area contributed by atoms with Gasteiger partial charge in [0.05, 0.1) is 12.5 Å². The third kappa shape index (κ3) is 17.7. The standard InChI is InChI=1S/C28H50O4.Na/c1-2-3-4-5-6-7-8-9-10-11-12-13-14-15-16-17-18-21-24-32-28(31)26-23-20-19-22-25(26)27(29)30;/h17-18,25-26H,2-16,19-24H2,1H3,(H,29,30);/q;+1/p-1/b18-17+;. The van der Waals surface area contributed by atoms with E-state index in [0.29, 0.717) is 25.9 Å². The molecule has 0 saturated heterocycles.